The Bertz CT molecular complexity index is 1190. The molecule has 0 aliphatic heterocycles. The summed E-state index contributed by atoms with van der Waals surface area (Å²) in [5.74, 6) is -0.542. The lowest BCUT2D eigenvalue weighted by atomic mass is 10.0. The van der Waals surface area contributed by atoms with Gasteiger partial charge < -0.3 is 28.5 Å². The largest absolute Gasteiger partial charge is 0.756 e. The zero-order valence-corrected chi connectivity index (χ0v) is 45.3. The number of nitrogens with zero attached hydrogens (tertiary/aromatic N) is 1. The molecule has 390 valence electrons. The number of likely N-dealkylation sites (N-methyl/N-ethyl adjacent to an activating group) is 1. The number of hydrogen-bond donors (Lipinski definition) is 1. The number of phosphoric acid groups is 1. The number of carbonyl (C=O) groups is 2. The summed E-state index contributed by atoms with van der Waals surface area (Å²) in [4.78, 5) is 39.7. The Hall–Kier alpha value is -1.51. The predicted molar refractivity (Wildman–Crippen MR) is 280 cm³/mol. The van der Waals surface area contributed by atoms with Crippen LogP contribution in [0.4, 0.5) is 0 Å². The molecule has 0 bridgehead atoms. The highest BCUT2D eigenvalue weighted by molar-refractivity contribution is 7.45. The van der Waals surface area contributed by atoms with Crippen LogP contribution >= 0.6 is 7.82 Å². The van der Waals surface area contributed by atoms with E-state index in [2.05, 4.69) is 38.2 Å². The van der Waals surface area contributed by atoms with Gasteiger partial charge in [0.05, 0.1) is 33.8 Å². The molecular weight excluding hydrogens is 844 g/mol. The minimum atomic E-state index is -4.69. The second-order valence-corrected chi connectivity index (χ2v) is 21.9. The summed E-state index contributed by atoms with van der Waals surface area (Å²) in [5.41, 5.74) is 0. The molecule has 0 aliphatic rings. The SMILES string of the molecule is CCCC/C=C\CCCCCCCC(=O)NC(COP(=O)([O-])OCC[N+](C)(C)C)C(/C=C\CCCCCCCCCCCC)OC(=O)CCCCCCCCCCCCCCCCCCC. The first-order chi connectivity index (χ1) is 31.9. The lowest BCUT2D eigenvalue weighted by Crippen LogP contribution is -2.47. The van der Waals surface area contributed by atoms with Crippen molar-refractivity contribution >= 4 is 19.7 Å². The van der Waals surface area contributed by atoms with Crippen LogP contribution in [0.15, 0.2) is 24.3 Å². The van der Waals surface area contributed by atoms with E-state index < -0.39 is 20.0 Å². The molecule has 0 saturated carbocycles. The third-order valence-corrected chi connectivity index (χ3v) is 13.6. The predicted octanol–water partition coefficient (Wildman–Crippen LogP) is 16.0. The van der Waals surface area contributed by atoms with Crippen molar-refractivity contribution in [3.63, 3.8) is 0 Å². The first-order valence-corrected chi connectivity index (χ1v) is 29.6. The fourth-order valence-electron chi connectivity index (χ4n) is 8.21. The zero-order chi connectivity index (χ0) is 48.7. The highest BCUT2D eigenvalue weighted by Crippen LogP contribution is 2.38. The lowest BCUT2D eigenvalue weighted by molar-refractivity contribution is -0.870. The Balaban J connectivity index is 5.30. The molecule has 1 amide bonds. The molecule has 0 aromatic rings. The summed E-state index contributed by atoms with van der Waals surface area (Å²) in [7, 11) is 1.19. The second-order valence-electron chi connectivity index (χ2n) is 20.4. The van der Waals surface area contributed by atoms with E-state index in [0.717, 1.165) is 83.5 Å². The van der Waals surface area contributed by atoms with Crippen LogP contribution in [0.2, 0.25) is 0 Å². The van der Waals surface area contributed by atoms with Crippen LogP contribution in [0.3, 0.4) is 0 Å². The summed E-state index contributed by atoms with van der Waals surface area (Å²) < 4.78 is 30.2. The van der Waals surface area contributed by atoms with Crippen molar-refractivity contribution in [1.82, 2.24) is 5.32 Å². The molecule has 3 atom stereocenters. The number of carbonyl (C=O) groups excluding carboxylic acids is 2. The summed E-state index contributed by atoms with van der Waals surface area (Å²) >= 11 is 0. The maximum atomic E-state index is 13.4. The molecule has 0 spiro atoms. The average Bonchev–Trinajstić information content (AvgIpc) is 3.27. The highest BCUT2D eigenvalue weighted by Gasteiger charge is 2.27. The van der Waals surface area contributed by atoms with Crippen LogP contribution in [0.1, 0.15) is 271 Å². The van der Waals surface area contributed by atoms with Crippen LogP contribution in [0.25, 0.3) is 0 Å². The molecule has 66 heavy (non-hydrogen) atoms. The van der Waals surface area contributed by atoms with Crippen molar-refractivity contribution in [2.45, 2.75) is 283 Å². The first kappa shape index (κ1) is 64.5. The van der Waals surface area contributed by atoms with E-state index in [-0.39, 0.29) is 31.5 Å². The zero-order valence-electron chi connectivity index (χ0n) is 44.4. The maximum absolute atomic E-state index is 13.4. The summed E-state index contributed by atoms with van der Waals surface area (Å²) in [6, 6.07) is -0.885. The van der Waals surface area contributed by atoms with Crippen molar-refractivity contribution in [3.8, 4) is 0 Å². The van der Waals surface area contributed by atoms with E-state index in [1.54, 1.807) is 0 Å². The fraction of sp³-hybridized carbons (Fsp3) is 0.893. The van der Waals surface area contributed by atoms with E-state index in [1.807, 2.05) is 33.3 Å². The van der Waals surface area contributed by atoms with Crippen LogP contribution in [0, 0.1) is 0 Å². The normalized spacial score (nSPS) is 14.0. The number of nitrogens with one attached hydrogen (secondary N) is 1. The Morgan fingerprint density at radius 3 is 1.33 bits per heavy atom. The molecule has 10 heteroatoms. The van der Waals surface area contributed by atoms with Gasteiger partial charge in [-0.15, -0.1) is 0 Å². The van der Waals surface area contributed by atoms with Gasteiger partial charge in [-0.25, -0.2) is 0 Å². The minimum absolute atomic E-state index is 0.0209. The quantitative estimate of drug-likeness (QED) is 0.0212. The molecule has 0 rings (SSSR count). The Labute approximate surface area is 409 Å². The van der Waals surface area contributed by atoms with E-state index in [4.69, 9.17) is 13.8 Å². The molecular formula is C56H109N2O7P. The van der Waals surface area contributed by atoms with Gasteiger partial charge in [0.15, 0.2) is 0 Å². The number of unbranched alkanes of at least 4 members (excludes halogenated alkanes) is 33. The summed E-state index contributed by atoms with van der Waals surface area (Å²) in [6.45, 7) is 6.81. The van der Waals surface area contributed by atoms with Gasteiger partial charge in [0.1, 0.15) is 19.3 Å². The smallest absolute Gasteiger partial charge is 0.306 e. The number of esters is 1. The lowest BCUT2D eigenvalue weighted by Gasteiger charge is -2.30. The maximum Gasteiger partial charge on any atom is 0.306 e. The molecule has 1 N–H and O–H groups in total. The first-order valence-electron chi connectivity index (χ1n) is 28.1. The number of hydrogen-bond acceptors (Lipinski definition) is 7. The second kappa shape index (κ2) is 47.2. The number of quaternary nitrogens is 1. The van der Waals surface area contributed by atoms with Gasteiger partial charge in [0.2, 0.25) is 5.91 Å². The van der Waals surface area contributed by atoms with Crippen LogP contribution in [-0.4, -0.2) is 69.4 Å². The number of ether oxygens (including phenoxy) is 1. The number of amides is 1. The van der Waals surface area contributed by atoms with Crippen molar-refractivity contribution in [2.75, 3.05) is 40.9 Å². The van der Waals surface area contributed by atoms with Gasteiger partial charge in [-0.1, -0.05) is 232 Å². The minimum Gasteiger partial charge on any atom is -0.756 e. The summed E-state index contributed by atoms with van der Waals surface area (Å²) in [6.07, 6.45) is 52.8. The topological polar surface area (TPSA) is 114 Å². The molecule has 9 nitrogen and oxygen atoms in total. The highest BCUT2D eigenvalue weighted by atomic mass is 31.2. The molecule has 0 saturated heterocycles. The van der Waals surface area contributed by atoms with Crippen molar-refractivity contribution in [1.29, 1.82) is 0 Å². The molecule has 0 aliphatic carbocycles. The molecule has 0 aromatic carbocycles. The van der Waals surface area contributed by atoms with Crippen molar-refractivity contribution in [3.05, 3.63) is 24.3 Å². The Morgan fingerprint density at radius 2 is 0.894 bits per heavy atom. The third kappa shape index (κ3) is 47.6. The molecule has 0 heterocycles. The Kier molecular flexibility index (Phi) is 46.1. The van der Waals surface area contributed by atoms with Crippen LogP contribution in [0.5, 0.6) is 0 Å². The molecule has 0 fully saturated rings. The monoisotopic (exact) mass is 953 g/mol. The van der Waals surface area contributed by atoms with E-state index in [9.17, 15) is 19.0 Å². The third-order valence-electron chi connectivity index (χ3n) is 12.6. The van der Waals surface area contributed by atoms with Gasteiger partial charge >= 0.3 is 5.97 Å². The van der Waals surface area contributed by atoms with Crippen molar-refractivity contribution < 1.29 is 37.3 Å². The van der Waals surface area contributed by atoms with Crippen LogP contribution < -0.4 is 10.2 Å². The van der Waals surface area contributed by atoms with Gasteiger partial charge in [0, 0.05) is 12.8 Å². The molecule has 0 radical (unpaired) electrons. The number of rotatable bonds is 51. The van der Waals surface area contributed by atoms with Gasteiger partial charge in [-0.2, -0.15) is 0 Å². The standard InChI is InChI=1S/C56H109N2O7P/c1-7-10-13-16-19-22-25-27-28-29-30-31-34-37-40-43-46-49-56(60)65-54(47-44-41-38-35-33-26-23-20-17-14-11-8-2)53(52-64-66(61,62)63-51-50-58(4,5)6)57-55(59)48-45-42-39-36-32-24-21-18-15-12-9-3/h18,21,44,47,53-54H,7-17,19-20,22-43,45-46,48-52H2,1-6H3,(H-,57,59,61,62)/b21-18-,47-44-. The fourth-order valence-corrected chi connectivity index (χ4v) is 8.93. The van der Waals surface area contributed by atoms with E-state index in [0.29, 0.717) is 17.4 Å². The molecule has 3 unspecified atom stereocenters. The molecule has 0 aromatic heterocycles. The van der Waals surface area contributed by atoms with Gasteiger partial charge in [-0.3, -0.25) is 14.2 Å². The average molecular weight is 953 g/mol. The van der Waals surface area contributed by atoms with Crippen LogP contribution in [-0.2, 0) is 27.9 Å². The van der Waals surface area contributed by atoms with E-state index >= 15 is 0 Å². The Morgan fingerprint density at radius 1 is 0.515 bits per heavy atom. The van der Waals surface area contributed by atoms with E-state index in [1.165, 1.54) is 154 Å². The van der Waals surface area contributed by atoms with Gasteiger partial charge in [-0.05, 0) is 51.0 Å². The number of phosphoric ester groups is 1. The van der Waals surface area contributed by atoms with Gasteiger partial charge in [0.25, 0.3) is 7.82 Å². The summed E-state index contributed by atoms with van der Waals surface area (Å²) in [5, 5.41) is 3.01. The van der Waals surface area contributed by atoms with Crippen molar-refractivity contribution in [2.24, 2.45) is 0 Å². The number of allylic oxidation sites excluding steroid dienone is 3.